The van der Waals surface area contributed by atoms with Gasteiger partial charge in [-0.05, 0) is 33.6 Å². The predicted octanol–water partition coefficient (Wildman–Crippen LogP) is 4.69. The van der Waals surface area contributed by atoms with E-state index in [1.165, 1.54) is 0 Å². The van der Waals surface area contributed by atoms with E-state index in [0.717, 1.165) is 15.4 Å². The molecule has 0 spiro atoms. The number of halogens is 1. The van der Waals surface area contributed by atoms with Crippen molar-refractivity contribution in [2.45, 2.75) is 6.54 Å². The Bertz CT molecular complexity index is 1040. The lowest BCUT2D eigenvalue weighted by Gasteiger charge is -2.08. The molecule has 25 heavy (non-hydrogen) atoms. The molecule has 0 aliphatic carbocycles. The highest BCUT2D eigenvalue weighted by molar-refractivity contribution is 9.10. The van der Waals surface area contributed by atoms with Gasteiger partial charge in [0.2, 0.25) is 0 Å². The lowest BCUT2D eigenvalue weighted by Crippen LogP contribution is -2.15. The van der Waals surface area contributed by atoms with E-state index in [2.05, 4.69) is 26.3 Å². The van der Waals surface area contributed by atoms with Gasteiger partial charge in [-0.3, -0.25) is 4.79 Å². The Hall–Kier alpha value is -2.86. The summed E-state index contributed by atoms with van der Waals surface area (Å²) in [6.07, 6.45) is 1.66. The highest BCUT2D eigenvalue weighted by atomic mass is 79.9. The monoisotopic (exact) mass is 395 g/mol. The predicted molar refractivity (Wildman–Crippen MR) is 99.6 cm³/mol. The molecule has 0 aliphatic heterocycles. The second-order valence-corrected chi connectivity index (χ2v) is 6.44. The van der Waals surface area contributed by atoms with Crippen LogP contribution in [-0.4, -0.2) is 15.7 Å². The molecule has 1 amide bonds. The van der Waals surface area contributed by atoms with E-state index in [4.69, 9.17) is 4.42 Å². The molecule has 4 aromatic rings. The van der Waals surface area contributed by atoms with E-state index in [9.17, 15) is 4.79 Å². The Morgan fingerprint density at radius 3 is 2.76 bits per heavy atom. The Morgan fingerprint density at radius 1 is 1.12 bits per heavy atom. The minimum Gasteiger partial charge on any atom is -0.450 e. The van der Waals surface area contributed by atoms with Crippen LogP contribution in [0, 0.1) is 0 Å². The van der Waals surface area contributed by atoms with Crippen molar-refractivity contribution < 1.29 is 9.21 Å². The van der Waals surface area contributed by atoms with Crippen molar-refractivity contribution >= 4 is 38.6 Å². The highest BCUT2D eigenvalue weighted by Gasteiger charge is 2.15. The molecule has 2 heterocycles. The topological polar surface area (TPSA) is 60.1 Å². The zero-order chi connectivity index (χ0) is 17.2. The maximum absolute atomic E-state index is 12.5. The van der Waals surface area contributed by atoms with E-state index >= 15 is 0 Å². The molecule has 0 unspecified atom stereocenters. The fraction of sp³-hybridized carbons (Fsp3) is 0.0526. The van der Waals surface area contributed by atoms with Gasteiger partial charge in [0, 0.05) is 11.5 Å². The fourth-order valence-corrected chi connectivity index (χ4v) is 3.10. The first-order chi connectivity index (χ1) is 12.2. The van der Waals surface area contributed by atoms with Gasteiger partial charge in [0.15, 0.2) is 5.76 Å². The summed E-state index contributed by atoms with van der Waals surface area (Å²) in [4.78, 5) is 12.5. The number of nitrogens with zero attached hydrogens (tertiary/aromatic N) is 2. The minimum atomic E-state index is -0.307. The molecule has 0 saturated carbocycles. The molecule has 124 valence electrons. The van der Waals surface area contributed by atoms with Crippen LogP contribution >= 0.6 is 15.9 Å². The van der Waals surface area contributed by atoms with E-state index < -0.39 is 0 Å². The van der Waals surface area contributed by atoms with Crippen LogP contribution in [0.15, 0.2) is 75.8 Å². The number of para-hydroxylation sites is 1. The zero-order valence-corrected chi connectivity index (χ0v) is 14.7. The summed E-state index contributed by atoms with van der Waals surface area (Å²) in [5.74, 6) is 0.570. The van der Waals surface area contributed by atoms with Crippen molar-refractivity contribution in [3.63, 3.8) is 0 Å². The van der Waals surface area contributed by atoms with Crippen LogP contribution in [0.1, 0.15) is 16.1 Å². The lowest BCUT2D eigenvalue weighted by atomic mass is 10.2. The summed E-state index contributed by atoms with van der Waals surface area (Å²) >= 11 is 3.43. The molecule has 2 aromatic carbocycles. The first-order valence-electron chi connectivity index (χ1n) is 7.76. The number of carbonyl (C=O) groups is 1. The van der Waals surface area contributed by atoms with Crippen molar-refractivity contribution in [3.05, 3.63) is 82.7 Å². The van der Waals surface area contributed by atoms with Gasteiger partial charge in [0.05, 0.1) is 17.2 Å². The summed E-state index contributed by atoms with van der Waals surface area (Å²) in [5, 5.41) is 8.01. The maximum atomic E-state index is 12.5. The van der Waals surface area contributed by atoms with E-state index in [1.807, 2.05) is 48.5 Å². The van der Waals surface area contributed by atoms with Crippen LogP contribution in [0.5, 0.6) is 0 Å². The molecule has 0 aliphatic rings. The average molecular weight is 396 g/mol. The molecule has 4 rings (SSSR count). The van der Waals surface area contributed by atoms with Crippen LogP contribution < -0.4 is 5.32 Å². The van der Waals surface area contributed by atoms with Crippen molar-refractivity contribution in [2.24, 2.45) is 0 Å². The molecule has 0 fully saturated rings. The van der Waals surface area contributed by atoms with Gasteiger partial charge < -0.3 is 9.73 Å². The van der Waals surface area contributed by atoms with Crippen molar-refractivity contribution in [2.75, 3.05) is 5.32 Å². The second-order valence-electron chi connectivity index (χ2n) is 5.58. The molecule has 0 atom stereocenters. The number of anilines is 1. The number of aromatic nitrogens is 2. The van der Waals surface area contributed by atoms with Crippen LogP contribution in [0.4, 0.5) is 5.82 Å². The standard InChI is InChI=1S/C19H14BrN3O2/c20-15-8-4-7-14-11-16(25-18(14)15)19(24)22-17-9-10-21-23(17)12-13-5-2-1-3-6-13/h1-11H,12H2,(H,22,24). The van der Waals surface area contributed by atoms with Crippen LogP contribution in [0.2, 0.25) is 0 Å². The first kappa shape index (κ1) is 15.7. The number of benzene rings is 2. The molecule has 0 bridgehead atoms. The van der Waals surface area contributed by atoms with Crippen molar-refractivity contribution in [1.29, 1.82) is 0 Å². The molecular weight excluding hydrogens is 382 g/mol. The molecule has 0 radical (unpaired) electrons. The van der Waals surface area contributed by atoms with E-state index in [-0.39, 0.29) is 11.7 Å². The number of hydrogen-bond acceptors (Lipinski definition) is 3. The number of furan rings is 1. The smallest absolute Gasteiger partial charge is 0.292 e. The molecule has 0 saturated heterocycles. The minimum absolute atomic E-state index is 0.259. The highest BCUT2D eigenvalue weighted by Crippen LogP contribution is 2.27. The number of rotatable bonds is 4. The molecular formula is C19H14BrN3O2. The van der Waals surface area contributed by atoms with Gasteiger partial charge in [-0.25, -0.2) is 4.68 Å². The number of nitrogens with one attached hydrogen (secondary N) is 1. The van der Waals surface area contributed by atoms with Crippen molar-refractivity contribution in [3.8, 4) is 0 Å². The Balaban J connectivity index is 1.57. The first-order valence-corrected chi connectivity index (χ1v) is 8.55. The Morgan fingerprint density at radius 2 is 1.96 bits per heavy atom. The van der Waals surface area contributed by atoms with Gasteiger partial charge >= 0.3 is 0 Å². The van der Waals surface area contributed by atoms with Crippen LogP contribution in [0.3, 0.4) is 0 Å². The van der Waals surface area contributed by atoms with Gasteiger partial charge in [0.25, 0.3) is 5.91 Å². The van der Waals surface area contributed by atoms with Gasteiger partial charge in [-0.15, -0.1) is 0 Å². The molecule has 1 N–H and O–H groups in total. The van der Waals surface area contributed by atoms with Crippen LogP contribution in [-0.2, 0) is 6.54 Å². The summed E-state index contributed by atoms with van der Waals surface area (Å²) < 4.78 is 8.24. The van der Waals surface area contributed by atoms with Crippen molar-refractivity contribution in [1.82, 2.24) is 9.78 Å². The summed E-state index contributed by atoms with van der Waals surface area (Å²) in [5.41, 5.74) is 1.76. The zero-order valence-electron chi connectivity index (χ0n) is 13.1. The normalized spacial score (nSPS) is 10.9. The third-order valence-electron chi connectivity index (χ3n) is 3.85. The van der Waals surface area contributed by atoms with Gasteiger partial charge in [0.1, 0.15) is 11.4 Å². The average Bonchev–Trinajstić information content (AvgIpc) is 3.24. The number of carbonyl (C=O) groups excluding carboxylic acids is 1. The SMILES string of the molecule is O=C(Nc1ccnn1Cc1ccccc1)c1cc2cccc(Br)c2o1. The largest absolute Gasteiger partial charge is 0.450 e. The third-order valence-corrected chi connectivity index (χ3v) is 4.48. The quantitative estimate of drug-likeness (QED) is 0.544. The molecule has 2 aromatic heterocycles. The van der Waals surface area contributed by atoms with Gasteiger partial charge in [-0.1, -0.05) is 42.5 Å². The molecule has 6 heteroatoms. The molecule has 5 nitrogen and oxygen atoms in total. The fourth-order valence-electron chi connectivity index (χ4n) is 2.64. The van der Waals surface area contributed by atoms with Gasteiger partial charge in [-0.2, -0.15) is 5.10 Å². The maximum Gasteiger partial charge on any atom is 0.292 e. The second kappa shape index (κ2) is 6.57. The summed E-state index contributed by atoms with van der Waals surface area (Å²) in [6.45, 7) is 0.579. The number of fused-ring (bicyclic) bond motifs is 1. The Labute approximate surface area is 152 Å². The number of amides is 1. The summed E-state index contributed by atoms with van der Waals surface area (Å²) in [6, 6.07) is 19.1. The van der Waals surface area contributed by atoms with Crippen LogP contribution in [0.25, 0.3) is 11.0 Å². The van der Waals surface area contributed by atoms with E-state index in [0.29, 0.717) is 17.9 Å². The van der Waals surface area contributed by atoms with E-state index in [1.54, 1.807) is 23.0 Å². The Kier molecular flexibility index (Phi) is 4.11. The summed E-state index contributed by atoms with van der Waals surface area (Å²) in [7, 11) is 0. The number of hydrogen-bond donors (Lipinski definition) is 1. The third kappa shape index (κ3) is 3.21. The lowest BCUT2D eigenvalue weighted by molar-refractivity contribution is 0.0997.